The molecular formula is C28H27N3O4. The van der Waals surface area contributed by atoms with Crippen molar-refractivity contribution in [2.75, 3.05) is 0 Å². The SMILES string of the molecule is Cc1cc(COc2ccc(C(=O)NC(CC(=O)NO)Cc3ccccc3)cc2)c2ccccc2n1. The highest BCUT2D eigenvalue weighted by Crippen LogP contribution is 2.21. The van der Waals surface area contributed by atoms with Gasteiger partial charge in [-0.3, -0.25) is 19.8 Å². The molecule has 0 spiro atoms. The summed E-state index contributed by atoms with van der Waals surface area (Å²) in [6, 6.07) is 25.9. The number of nitrogens with one attached hydrogen (secondary N) is 2. The largest absolute Gasteiger partial charge is 0.489 e. The molecular weight excluding hydrogens is 442 g/mol. The summed E-state index contributed by atoms with van der Waals surface area (Å²) in [6.45, 7) is 2.34. The Bertz CT molecular complexity index is 1310. The molecule has 0 aliphatic heterocycles. The summed E-state index contributed by atoms with van der Waals surface area (Å²) in [5, 5.41) is 12.8. The lowest BCUT2D eigenvalue weighted by Gasteiger charge is -2.18. The molecule has 0 fully saturated rings. The van der Waals surface area contributed by atoms with Crippen LogP contribution >= 0.6 is 0 Å². The zero-order valence-corrected chi connectivity index (χ0v) is 19.4. The molecule has 3 aromatic carbocycles. The average Bonchev–Trinajstić information content (AvgIpc) is 2.88. The summed E-state index contributed by atoms with van der Waals surface area (Å²) in [5.74, 6) is -0.228. The fraction of sp³-hybridized carbons (Fsp3) is 0.179. The molecule has 3 N–H and O–H groups in total. The highest BCUT2D eigenvalue weighted by Gasteiger charge is 2.18. The first-order valence-electron chi connectivity index (χ1n) is 11.4. The first-order chi connectivity index (χ1) is 17.0. The van der Waals surface area contributed by atoms with Gasteiger partial charge in [0.1, 0.15) is 12.4 Å². The number of pyridine rings is 1. The molecule has 1 unspecified atom stereocenters. The van der Waals surface area contributed by atoms with Crippen LogP contribution in [0.1, 0.15) is 33.6 Å². The van der Waals surface area contributed by atoms with E-state index < -0.39 is 11.9 Å². The summed E-state index contributed by atoms with van der Waals surface area (Å²) >= 11 is 0. The maximum atomic E-state index is 12.8. The van der Waals surface area contributed by atoms with Crippen LogP contribution in [0.5, 0.6) is 5.75 Å². The first kappa shape index (κ1) is 23.9. The number of nitrogens with zero attached hydrogens (tertiary/aromatic N) is 1. The van der Waals surface area contributed by atoms with E-state index in [-0.39, 0.29) is 12.3 Å². The maximum absolute atomic E-state index is 12.8. The molecule has 0 saturated carbocycles. The monoisotopic (exact) mass is 469 g/mol. The molecule has 1 aromatic heterocycles. The summed E-state index contributed by atoms with van der Waals surface area (Å²) in [4.78, 5) is 29.1. The van der Waals surface area contributed by atoms with Crippen LogP contribution in [0.15, 0.2) is 84.9 Å². The van der Waals surface area contributed by atoms with Crippen LogP contribution in [-0.4, -0.2) is 28.0 Å². The predicted octanol–water partition coefficient (Wildman–Crippen LogP) is 4.36. The number of rotatable bonds is 9. The third-order valence-corrected chi connectivity index (χ3v) is 5.66. The number of amides is 2. The summed E-state index contributed by atoms with van der Waals surface area (Å²) in [7, 11) is 0. The van der Waals surface area contributed by atoms with Crippen molar-refractivity contribution in [2.45, 2.75) is 32.4 Å². The number of para-hydroxylation sites is 1. The molecule has 0 bridgehead atoms. The normalized spacial score (nSPS) is 11.6. The Hall–Kier alpha value is -4.23. The van der Waals surface area contributed by atoms with Crippen LogP contribution in [0.25, 0.3) is 10.9 Å². The third-order valence-electron chi connectivity index (χ3n) is 5.66. The molecule has 7 nitrogen and oxygen atoms in total. The number of aromatic nitrogens is 1. The average molecular weight is 470 g/mol. The number of aryl methyl sites for hydroxylation is 1. The van der Waals surface area contributed by atoms with Crippen molar-refractivity contribution in [3.8, 4) is 5.75 Å². The maximum Gasteiger partial charge on any atom is 0.251 e. The Morgan fingerprint density at radius 3 is 2.43 bits per heavy atom. The van der Waals surface area contributed by atoms with Gasteiger partial charge in [0.15, 0.2) is 0 Å². The summed E-state index contributed by atoms with van der Waals surface area (Å²) in [5.41, 5.74) is 5.96. The van der Waals surface area contributed by atoms with Crippen LogP contribution in [0.4, 0.5) is 0 Å². The first-order valence-corrected chi connectivity index (χ1v) is 11.4. The van der Waals surface area contributed by atoms with Crippen LogP contribution < -0.4 is 15.5 Å². The lowest BCUT2D eigenvalue weighted by Crippen LogP contribution is -2.40. The van der Waals surface area contributed by atoms with Crippen LogP contribution in [0.2, 0.25) is 0 Å². The molecule has 0 aliphatic carbocycles. The molecule has 35 heavy (non-hydrogen) atoms. The Labute approximate surface area is 203 Å². The van der Waals surface area contributed by atoms with Gasteiger partial charge in [-0.2, -0.15) is 0 Å². The van der Waals surface area contributed by atoms with Crippen molar-refractivity contribution in [1.82, 2.24) is 15.8 Å². The van der Waals surface area contributed by atoms with Gasteiger partial charge in [-0.1, -0.05) is 48.5 Å². The molecule has 4 rings (SSSR count). The molecule has 0 radical (unpaired) electrons. The van der Waals surface area contributed by atoms with Crippen molar-refractivity contribution in [3.63, 3.8) is 0 Å². The summed E-state index contributed by atoms with van der Waals surface area (Å²) in [6.07, 6.45) is 0.415. The zero-order chi connectivity index (χ0) is 24.6. The Morgan fingerprint density at radius 2 is 1.69 bits per heavy atom. The van der Waals surface area contributed by atoms with E-state index in [0.29, 0.717) is 24.3 Å². The number of ether oxygens (including phenoxy) is 1. The van der Waals surface area contributed by atoms with Crippen molar-refractivity contribution < 1.29 is 19.5 Å². The second-order valence-electron chi connectivity index (χ2n) is 8.35. The van der Waals surface area contributed by atoms with E-state index in [0.717, 1.165) is 27.7 Å². The lowest BCUT2D eigenvalue weighted by atomic mass is 10.0. The molecule has 0 aliphatic rings. The standard InChI is InChI=1S/C28H27N3O4/c1-19-15-22(25-9-5-6-10-26(25)29-19)18-35-24-13-11-21(12-14-24)28(33)30-23(17-27(32)31-34)16-20-7-3-2-4-8-20/h2-15,23,34H,16-18H2,1H3,(H,30,33)(H,31,32). The molecule has 1 atom stereocenters. The van der Waals surface area contributed by atoms with Gasteiger partial charge in [0.05, 0.1) is 5.52 Å². The van der Waals surface area contributed by atoms with Crippen molar-refractivity contribution >= 4 is 22.7 Å². The fourth-order valence-corrected chi connectivity index (χ4v) is 3.99. The second-order valence-corrected chi connectivity index (χ2v) is 8.35. The third kappa shape index (κ3) is 6.43. The van der Waals surface area contributed by atoms with E-state index in [2.05, 4.69) is 10.3 Å². The molecule has 0 saturated heterocycles. The van der Waals surface area contributed by atoms with Gasteiger partial charge >= 0.3 is 0 Å². The number of benzene rings is 3. The number of carbonyl (C=O) groups is 2. The number of hydroxylamine groups is 1. The van der Waals surface area contributed by atoms with E-state index >= 15 is 0 Å². The molecule has 1 heterocycles. The highest BCUT2D eigenvalue weighted by molar-refractivity contribution is 5.94. The van der Waals surface area contributed by atoms with Crippen LogP contribution in [0.3, 0.4) is 0 Å². The molecule has 178 valence electrons. The van der Waals surface area contributed by atoms with Gasteiger partial charge in [-0.15, -0.1) is 0 Å². The van der Waals surface area contributed by atoms with Gasteiger partial charge in [-0.05, 0) is 55.3 Å². The smallest absolute Gasteiger partial charge is 0.251 e. The number of fused-ring (bicyclic) bond motifs is 1. The predicted molar refractivity (Wildman–Crippen MR) is 133 cm³/mol. The topological polar surface area (TPSA) is 101 Å². The van der Waals surface area contributed by atoms with Crippen LogP contribution in [0, 0.1) is 6.92 Å². The number of hydrogen-bond donors (Lipinski definition) is 3. The molecule has 2 amide bonds. The Morgan fingerprint density at radius 1 is 0.971 bits per heavy atom. The van der Waals surface area contributed by atoms with E-state index in [4.69, 9.17) is 9.94 Å². The Kier molecular flexibility index (Phi) is 7.70. The minimum Gasteiger partial charge on any atom is -0.489 e. The van der Waals surface area contributed by atoms with Gasteiger partial charge in [0, 0.05) is 34.7 Å². The van der Waals surface area contributed by atoms with Crippen molar-refractivity contribution in [1.29, 1.82) is 0 Å². The van der Waals surface area contributed by atoms with Crippen molar-refractivity contribution in [3.05, 3.63) is 107 Å². The van der Waals surface area contributed by atoms with Crippen molar-refractivity contribution in [2.24, 2.45) is 0 Å². The zero-order valence-electron chi connectivity index (χ0n) is 19.4. The van der Waals surface area contributed by atoms with Gasteiger partial charge in [0.2, 0.25) is 5.91 Å². The van der Waals surface area contributed by atoms with Crippen LogP contribution in [-0.2, 0) is 17.8 Å². The number of hydrogen-bond acceptors (Lipinski definition) is 5. The second kappa shape index (κ2) is 11.3. The molecule has 7 heteroatoms. The minimum absolute atomic E-state index is 0.0440. The molecule has 4 aromatic rings. The van der Waals surface area contributed by atoms with E-state index in [1.165, 1.54) is 0 Å². The highest BCUT2D eigenvalue weighted by atomic mass is 16.5. The Balaban J connectivity index is 1.41. The van der Waals surface area contributed by atoms with Gasteiger partial charge < -0.3 is 10.1 Å². The lowest BCUT2D eigenvalue weighted by molar-refractivity contribution is -0.129. The van der Waals surface area contributed by atoms with E-state index in [1.807, 2.05) is 67.6 Å². The van der Waals surface area contributed by atoms with E-state index in [9.17, 15) is 9.59 Å². The fourth-order valence-electron chi connectivity index (χ4n) is 3.99. The quantitative estimate of drug-likeness (QED) is 0.250. The van der Waals surface area contributed by atoms with Gasteiger partial charge in [0.25, 0.3) is 5.91 Å². The van der Waals surface area contributed by atoms with E-state index in [1.54, 1.807) is 29.7 Å². The van der Waals surface area contributed by atoms with Gasteiger partial charge in [-0.25, -0.2) is 5.48 Å². The minimum atomic E-state index is -0.561. The number of carbonyl (C=O) groups excluding carboxylic acids is 2. The summed E-state index contributed by atoms with van der Waals surface area (Å²) < 4.78 is 5.98.